The van der Waals surface area contributed by atoms with E-state index in [1.54, 1.807) is 0 Å². The van der Waals surface area contributed by atoms with Gasteiger partial charge in [-0.1, -0.05) is 6.92 Å². The lowest BCUT2D eigenvalue weighted by atomic mass is 9.99. The molecule has 1 aromatic rings. The topological polar surface area (TPSA) is 49.0 Å². The first-order valence-corrected chi connectivity index (χ1v) is 6.87. The lowest BCUT2D eigenvalue weighted by molar-refractivity contribution is -0.133. The van der Waals surface area contributed by atoms with Crippen molar-refractivity contribution in [3.8, 4) is 6.07 Å². The molecule has 4 heteroatoms. The molecular formula is C15H21N3O. The van der Waals surface area contributed by atoms with Crippen molar-refractivity contribution < 1.29 is 4.79 Å². The summed E-state index contributed by atoms with van der Waals surface area (Å²) >= 11 is 0. The normalized spacial score (nSPS) is 16.4. The van der Waals surface area contributed by atoms with Gasteiger partial charge in [-0.2, -0.15) is 5.26 Å². The summed E-state index contributed by atoms with van der Waals surface area (Å²) in [5, 5.41) is 9.17. The second-order valence-corrected chi connectivity index (χ2v) is 5.58. The van der Waals surface area contributed by atoms with Gasteiger partial charge in [0.25, 0.3) is 0 Å². The van der Waals surface area contributed by atoms with Crippen LogP contribution in [0.2, 0.25) is 0 Å². The van der Waals surface area contributed by atoms with Crippen LogP contribution in [0.3, 0.4) is 0 Å². The summed E-state index contributed by atoms with van der Waals surface area (Å²) in [7, 11) is 0. The Morgan fingerprint density at radius 2 is 2.05 bits per heavy atom. The highest BCUT2D eigenvalue weighted by Gasteiger charge is 2.21. The van der Waals surface area contributed by atoms with Gasteiger partial charge in [-0.05, 0) is 44.2 Å². The minimum Gasteiger partial charge on any atom is -0.341 e. The van der Waals surface area contributed by atoms with E-state index in [9.17, 15) is 10.1 Å². The number of piperidine rings is 1. The van der Waals surface area contributed by atoms with Crippen molar-refractivity contribution in [2.45, 2.75) is 40.2 Å². The number of likely N-dealkylation sites (tertiary alicyclic amines) is 1. The molecule has 2 rings (SSSR count). The second kappa shape index (κ2) is 5.48. The smallest absolute Gasteiger partial charge is 0.242 e. The minimum absolute atomic E-state index is 0.127. The maximum Gasteiger partial charge on any atom is 0.242 e. The molecule has 1 aliphatic rings. The van der Waals surface area contributed by atoms with Gasteiger partial charge in [-0.3, -0.25) is 4.79 Å². The third-order valence-electron chi connectivity index (χ3n) is 4.03. The van der Waals surface area contributed by atoms with E-state index >= 15 is 0 Å². The maximum atomic E-state index is 12.3. The zero-order chi connectivity index (χ0) is 14.0. The zero-order valence-corrected chi connectivity index (χ0v) is 11.9. The molecule has 0 spiro atoms. The first kappa shape index (κ1) is 13.7. The summed E-state index contributed by atoms with van der Waals surface area (Å²) in [4.78, 5) is 14.2. The molecule has 1 fully saturated rings. The number of nitrogens with zero attached hydrogens (tertiary/aromatic N) is 3. The van der Waals surface area contributed by atoms with Gasteiger partial charge in [0.15, 0.2) is 0 Å². The Bertz CT molecular complexity index is 516. The fourth-order valence-electron chi connectivity index (χ4n) is 2.69. The Labute approximate surface area is 114 Å². The highest BCUT2D eigenvalue weighted by Crippen LogP contribution is 2.18. The molecule has 0 atom stereocenters. The summed E-state index contributed by atoms with van der Waals surface area (Å²) in [6, 6.07) is 4.15. The van der Waals surface area contributed by atoms with Gasteiger partial charge < -0.3 is 9.47 Å². The monoisotopic (exact) mass is 259 g/mol. The maximum absolute atomic E-state index is 12.3. The number of carbonyl (C=O) groups excluding carboxylic acids is 1. The number of rotatable bonds is 2. The number of aryl methyl sites for hydroxylation is 2. The molecule has 1 saturated heterocycles. The van der Waals surface area contributed by atoms with Crippen molar-refractivity contribution in [1.82, 2.24) is 9.47 Å². The predicted molar refractivity (Wildman–Crippen MR) is 73.6 cm³/mol. The van der Waals surface area contributed by atoms with Crippen LogP contribution < -0.4 is 0 Å². The van der Waals surface area contributed by atoms with Crippen LogP contribution in [0.5, 0.6) is 0 Å². The van der Waals surface area contributed by atoms with Gasteiger partial charge in [0, 0.05) is 18.8 Å². The Kier molecular flexibility index (Phi) is 3.94. The summed E-state index contributed by atoms with van der Waals surface area (Å²) in [6.07, 6.45) is 2.17. The van der Waals surface area contributed by atoms with E-state index in [0.717, 1.165) is 37.2 Å². The van der Waals surface area contributed by atoms with E-state index in [0.29, 0.717) is 11.6 Å². The van der Waals surface area contributed by atoms with E-state index in [1.165, 1.54) is 0 Å². The molecule has 1 amide bonds. The third kappa shape index (κ3) is 2.81. The van der Waals surface area contributed by atoms with E-state index in [4.69, 9.17) is 0 Å². The summed E-state index contributed by atoms with van der Waals surface area (Å²) < 4.78 is 1.83. The SMILES string of the molecule is Cc1cc(C)n(CC(=O)N2CCC(C)CC2)c1C#N. The van der Waals surface area contributed by atoms with Crippen LogP contribution in [-0.2, 0) is 11.3 Å². The van der Waals surface area contributed by atoms with Crippen LogP contribution in [0.1, 0.15) is 36.7 Å². The number of amides is 1. The van der Waals surface area contributed by atoms with Crippen LogP contribution in [0.25, 0.3) is 0 Å². The molecule has 0 radical (unpaired) electrons. The minimum atomic E-state index is 0.127. The summed E-state index contributed by atoms with van der Waals surface area (Å²) in [6.45, 7) is 8.07. The van der Waals surface area contributed by atoms with Gasteiger partial charge >= 0.3 is 0 Å². The molecule has 0 bridgehead atoms. The first-order chi connectivity index (χ1) is 9.02. The Hall–Kier alpha value is -1.76. The molecule has 0 N–H and O–H groups in total. The fourth-order valence-corrected chi connectivity index (χ4v) is 2.69. The Balaban J connectivity index is 2.09. The van der Waals surface area contributed by atoms with Crippen molar-refractivity contribution in [3.63, 3.8) is 0 Å². The largest absolute Gasteiger partial charge is 0.341 e. The standard InChI is InChI=1S/C15H21N3O/c1-11-4-6-17(7-5-11)15(19)10-18-13(3)8-12(2)14(18)9-16/h8,11H,4-7,10H2,1-3H3. The second-order valence-electron chi connectivity index (χ2n) is 5.58. The van der Waals surface area contributed by atoms with Gasteiger partial charge in [-0.15, -0.1) is 0 Å². The molecule has 102 valence electrons. The number of hydrogen-bond acceptors (Lipinski definition) is 2. The molecule has 4 nitrogen and oxygen atoms in total. The number of nitriles is 1. The molecule has 0 aromatic carbocycles. The van der Waals surface area contributed by atoms with Crippen molar-refractivity contribution in [2.75, 3.05) is 13.1 Å². The number of carbonyl (C=O) groups is 1. The third-order valence-corrected chi connectivity index (χ3v) is 4.03. The van der Waals surface area contributed by atoms with Crippen molar-refractivity contribution in [3.05, 3.63) is 23.0 Å². The van der Waals surface area contributed by atoms with Gasteiger partial charge in [0.1, 0.15) is 18.3 Å². The van der Waals surface area contributed by atoms with Gasteiger partial charge in [-0.25, -0.2) is 0 Å². The van der Waals surface area contributed by atoms with Crippen LogP contribution in [0.15, 0.2) is 6.07 Å². The van der Waals surface area contributed by atoms with E-state index in [1.807, 2.05) is 29.4 Å². The molecule has 19 heavy (non-hydrogen) atoms. The molecule has 2 heterocycles. The lowest BCUT2D eigenvalue weighted by Gasteiger charge is -2.30. The van der Waals surface area contributed by atoms with Gasteiger partial charge in [0.05, 0.1) is 0 Å². The molecular weight excluding hydrogens is 238 g/mol. The lowest BCUT2D eigenvalue weighted by Crippen LogP contribution is -2.40. The molecule has 0 aliphatic carbocycles. The average Bonchev–Trinajstić information content (AvgIpc) is 2.64. The van der Waals surface area contributed by atoms with E-state index in [2.05, 4.69) is 13.0 Å². The van der Waals surface area contributed by atoms with Crippen LogP contribution >= 0.6 is 0 Å². The van der Waals surface area contributed by atoms with Crippen LogP contribution in [0, 0.1) is 31.1 Å². The van der Waals surface area contributed by atoms with E-state index in [-0.39, 0.29) is 12.5 Å². The van der Waals surface area contributed by atoms with Gasteiger partial charge in [0.2, 0.25) is 5.91 Å². The molecule has 1 aromatic heterocycles. The quantitative estimate of drug-likeness (QED) is 0.817. The molecule has 0 unspecified atom stereocenters. The van der Waals surface area contributed by atoms with E-state index < -0.39 is 0 Å². The van der Waals surface area contributed by atoms with Crippen LogP contribution in [0.4, 0.5) is 0 Å². The highest BCUT2D eigenvalue weighted by molar-refractivity contribution is 5.76. The van der Waals surface area contributed by atoms with Crippen molar-refractivity contribution in [1.29, 1.82) is 5.26 Å². The molecule has 0 saturated carbocycles. The van der Waals surface area contributed by atoms with Crippen molar-refractivity contribution in [2.24, 2.45) is 5.92 Å². The highest BCUT2D eigenvalue weighted by atomic mass is 16.2. The summed E-state index contributed by atoms with van der Waals surface area (Å²) in [5.41, 5.74) is 2.53. The Morgan fingerprint density at radius 1 is 1.42 bits per heavy atom. The van der Waals surface area contributed by atoms with Crippen molar-refractivity contribution >= 4 is 5.91 Å². The zero-order valence-electron chi connectivity index (χ0n) is 11.9. The number of hydrogen-bond donors (Lipinski definition) is 0. The first-order valence-electron chi connectivity index (χ1n) is 6.87. The summed E-state index contributed by atoms with van der Waals surface area (Å²) in [5.74, 6) is 0.844. The number of aromatic nitrogens is 1. The average molecular weight is 259 g/mol. The fraction of sp³-hybridized carbons (Fsp3) is 0.600. The van der Waals surface area contributed by atoms with Crippen LogP contribution in [-0.4, -0.2) is 28.5 Å². The molecule has 1 aliphatic heterocycles. The Morgan fingerprint density at radius 3 is 2.63 bits per heavy atom. The predicted octanol–water partition coefficient (Wildman–Crippen LogP) is 2.24.